The third-order valence-electron chi connectivity index (χ3n) is 1.89. The van der Waals surface area contributed by atoms with Crippen LogP contribution in [0.5, 0.6) is 0 Å². The van der Waals surface area contributed by atoms with Gasteiger partial charge in [-0.05, 0) is 34.1 Å². The average molecular weight is 333 g/mol. The highest BCUT2D eigenvalue weighted by Gasteiger charge is 2.11. The van der Waals surface area contributed by atoms with Gasteiger partial charge in [-0.15, -0.1) is 11.3 Å². The molecule has 0 aromatic carbocycles. The second-order valence-corrected chi connectivity index (χ2v) is 5.73. The molecule has 0 fully saturated rings. The fourth-order valence-corrected chi connectivity index (χ4v) is 2.55. The van der Waals surface area contributed by atoms with Crippen LogP contribution in [0, 0.1) is 0 Å². The molecule has 1 amide bonds. The van der Waals surface area contributed by atoms with Crippen molar-refractivity contribution >= 4 is 56.3 Å². The molecule has 0 spiro atoms. The van der Waals surface area contributed by atoms with Crippen LogP contribution in [0.2, 0.25) is 4.34 Å². The van der Waals surface area contributed by atoms with Crippen molar-refractivity contribution in [1.29, 1.82) is 0 Å². The molecule has 0 aliphatic heterocycles. The summed E-state index contributed by atoms with van der Waals surface area (Å²) in [4.78, 5) is 16.4. The summed E-state index contributed by atoms with van der Waals surface area (Å²) < 4.78 is 1.20. The molecule has 0 saturated heterocycles. The molecule has 0 unspecified atom stereocenters. The van der Waals surface area contributed by atoms with Gasteiger partial charge in [-0.2, -0.15) is 0 Å². The van der Waals surface area contributed by atoms with Crippen LogP contribution < -0.4 is 11.1 Å². The molecule has 0 aliphatic carbocycles. The normalized spacial score (nSPS) is 10.2. The Kier molecular flexibility index (Phi) is 3.66. The number of carbonyl (C=O) groups excluding carboxylic acids is 1. The number of nitrogens with zero attached hydrogens (tertiary/aromatic N) is 1. The van der Waals surface area contributed by atoms with Gasteiger partial charge in [0, 0.05) is 0 Å². The molecule has 2 aromatic rings. The summed E-state index contributed by atoms with van der Waals surface area (Å²) in [5.41, 5.74) is 6.07. The Morgan fingerprint density at radius 2 is 2.29 bits per heavy atom. The lowest BCUT2D eigenvalue weighted by molar-refractivity contribution is 0.103. The van der Waals surface area contributed by atoms with Crippen molar-refractivity contribution in [2.45, 2.75) is 0 Å². The zero-order valence-corrected chi connectivity index (χ0v) is 11.6. The van der Waals surface area contributed by atoms with Gasteiger partial charge in [0.1, 0.15) is 5.82 Å². The number of thiophene rings is 1. The zero-order valence-electron chi connectivity index (χ0n) is 8.41. The largest absolute Gasteiger partial charge is 0.397 e. The summed E-state index contributed by atoms with van der Waals surface area (Å²) >= 11 is 10.2. The first kappa shape index (κ1) is 12.3. The first-order valence-corrected chi connectivity index (χ1v) is 6.52. The van der Waals surface area contributed by atoms with E-state index in [1.807, 2.05) is 0 Å². The van der Waals surface area contributed by atoms with Crippen LogP contribution in [0.15, 0.2) is 28.9 Å². The maximum Gasteiger partial charge on any atom is 0.266 e. The van der Waals surface area contributed by atoms with Crippen LogP contribution in [0.4, 0.5) is 11.5 Å². The van der Waals surface area contributed by atoms with Gasteiger partial charge in [-0.1, -0.05) is 11.6 Å². The molecule has 0 saturated carbocycles. The number of hydrogen-bond acceptors (Lipinski definition) is 4. The minimum atomic E-state index is -0.250. The molecular weight excluding hydrogens is 326 g/mol. The lowest BCUT2D eigenvalue weighted by Crippen LogP contribution is -2.11. The van der Waals surface area contributed by atoms with Crippen molar-refractivity contribution in [2.75, 3.05) is 11.1 Å². The predicted molar refractivity (Wildman–Crippen MR) is 73.6 cm³/mol. The molecule has 2 aromatic heterocycles. The molecule has 7 heteroatoms. The fraction of sp³-hybridized carbons (Fsp3) is 0. The Balaban J connectivity index is 2.18. The number of nitrogens with one attached hydrogen (secondary N) is 1. The van der Waals surface area contributed by atoms with E-state index in [1.54, 1.807) is 18.2 Å². The number of aromatic nitrogens is 1. The van der Waals surface area contributed by atoms with Crippen LogP contribution >= 0.6 is 38.9 Å². The lowest BCUT2D eigenvalue weighted by Gasteiger charge is -2.05. The quantitative estimate of drug-likeness (QED) is 0.885. The molecule has 88 valence electrons. The number of anilines is 2. The molecule has 4 nitrogen and oxygen atoms in total. The summed E-state index contributed by atoms with van der Waals surface area (Å²) in [7, 11) is 0. The summed E-state index contributed by atoms with van der Waals surface area (Å²) in [6.07, 6.45) is 1.47. The molecule has 0 radical (unpaired) electrons. The van der Waals surface area contributed by atoms with Crippen molar-refractivity contribution in [2.24, 2.45) is 0 Å². The Morgan fingerprint density at radius 3 is 2.88 bits per heavy atom. The number of rotatable bonds is 2. The molecular formula is C10H7BrClN3OS. The lowest BCUT2D eigenvalue weighted by atomic mass is 10.4. The van der Waals surface area contributed by atoms with E-state index in [0.29, 0.717) is 25.2 Å². The van der Waals surface area contributed by atoms with Gasteiger partial charge in [-0.3, -0.25) is 4.79 Å². The van der Waals surface area contributed by atoms with Gasteiger partial charge in [-0.25, -0.2) is 4.98 Å². The van der Waals surface area contributed by atoms with Crippen molar-refractivity contribution < 1.29 is 4.79 Å². The summed E-state index contributed by atoms with van der Waals surface area (Å²) in [6, 6.07) is 5.00. The smallest absolute Gasteiger partial charge is 0.266 e. The van der Waals surface area contributed by atoms with E-state index in [2.05, 4.69) is 26.2 Å². The Morgan fingerprint density at radius 1 is 1.53 bits per heavy atom. The van der Waals surface area contributed by atoms with Gasteiger partial charge in [0.05, 0.1) is 25.6 Å². The van der Waals surface area contributed by atoms with Crippen LogP contribution in [-0.4, -0.2) is 10.9 Å². The number of halogens is 2. The molecule has 0 bridgehead atoms. The SMILES string of the molecule is Nc1cnc(NC(=O)c2ccc(Cl)s2)c(Br)c1. The third kappa shape index (κ3) is 2.96. The first-order valence-electron chi connectivity index (χ1n) is 4.54. The van der Waals surface area contributed by atoms with E-state index in [1.165, 1.54) is 17.5 Å². The van der Waals surface area contributed by atoms with E-state index >= 15 is 0 Å². The first-order chi connectivity index (χ1) is 8.06. The minimum Gasteiger partial charge on any atom is -0.397 e. The minimum absolute atomic E-state index is 0.250. The van der Waals surface area contributed by atoms with Gasteiger partial charge >= 0.3 is 0 Å². The van der Waals surface area contributed by atoms with Crippen LogP contribution in [0.3, 0.4) is 0 Å². The van der Waals surface area contributed by atoms with Crippen molar-refractivity contribution in [3.8, 4) is 0 Å². The highest BCUT2D eigenvalue weighted by molar-refractivity contribution is 9.10. The highest BCUT2D eigenvalue weighted by atomic mass is 79.9. The number of hydrogen-bond donors (Lipinski definition) is 2. The van der Waals surface area contributed by atoms with E-state index < -0.39 is 0 Å². The Bertz CT molecular complexity index is 572. The maximum atomic E-state index is 11.8. The second kappa shape index (κ2) is 5.03. The Hall–Kier alpha value is -1.11. The number of pyridine rings is 1. The highest BCUT2D eigenvalue weighted by Crippen LogP contribution is 2.25. The van der Waals surface area contributed by atoms with E-state index in [9.17, 15) is 4.79 Å². The molecule has 0 aliphatic rings. The van der Waals surface area contributed by atoms with E-state index in [-0.39, 0.29) is 5.91 Å². The van der Waals surface area contributed by atoms with Crippen molar-refractivity contribution in [3.05, 3.63) is 38.1 Å². The van der Waals surface area contributed by atoms with Gasteiger partial charge in [0.25, 0.3) is 5.91 Å². The average Bonchev–Trinajstić information content (AvgIpc) is 2.69. The summed E-state index contributed by atoms with van der Waals surface area (Å²) in [6.45, 7) is 0. The standard InChI is InChI=1S/C10H7BrClN3OS/c11-6-3-5(13)4-14-9(6)15-10(16)7-1-2-8(12)17-7/h1-4H,13H2,(H,14,15,16). The fourth-order valence-electron chi connectivity index (χ4n) is 1.15. The summed E-state index contributed by atoms with van der Waals surface area (Å²) in [5, 5.41) is 2.67. The maximum absolute atomic E-state index is 11.8. The molecule has 0 atom stereocenters. The number of amides is 1. The van der Waals surface area contributed by atoms with Crippen molar-refractivity contribution in [3.63, 3.8) is 0 Å². The summed E-state index contributed by atoms with van der Waals surface area (Å²) in [5.74, 6) is 0.175. The van der Waals surface area contributed by atoms with Crippen LogP contribution in [0.25, 0.3) is 0 Å². The monoisotopic (exact) mass is 331 g/mol. The Labute approximate surface area is 115 Å². The van der Waals surface area contributed by atoms with E-state index in [0.717, 1.165) is 0 Å². The third-order valence-corrected chi connectivity index (χ3v) is 3.73. The number of carbonyl (C=O) groups is 1. The van der Waals surface area contributed by atoms with Gasteiger partial charge in [0.2, 0.25) is 0 Å². The van der Waals surface area contributed by atoms with E-state index in [4.69, 9.17) is 17.3 Å². The number of nitrogens with two attached hydrogens (primary N) is 1. The predicted octanol–water partition coefficient (Wildman–Crippen LogP) is 3.39. The molecule has 2 heterocycles. The van der Waals surface area contributed by atoms with Crippen molar-refractivity contribution in [1.82, 2.24) is 4.98 Å². The zero-order chi connectivity index (χ0) is 12.4. The topological polar surface area (TPSA) is 68.0 Å². The van der Waals surface area contributed by atoms with Crippen LogP contribution in [0.1, 0.15) is 9.67 Å². The molecule has 2 rings (SSSR count). The van der Waals surface area contributed by atoms with Gasteiger partial charge < -0.3 is 11.1 Å². The van der Waals surface area contributed by atoms with Crippen LogP contribution in [-0.2, 0) is 0 Å². The van der Waals surface area contributed by atoms with Gasteiger partial charge in [0.15, 0.2) is 0 Å². The second-order valence-electron chi connectivity index (χ2n) is 3.16. The number of nitrogen functional groups attached to an aromatic ring is 1. The molecule has 3 N–H and O–H groups in total. The molecule has 17 heavy (non-hydrogen) atoms.